The monoisotopic (exact) mass is 369 g/mol. The lowest BCUT2D eigenvalue weighted by atomic mass is 10.2. The smallest absolute Gasteiger partial charge is 0.269 e. The Kier molecular flexibility index (Phi) is 5.22. The molecule has 0 saturated carbocycles. The van der Waals surface area contributed by atoms with Crippen LogP contribution in [0.3, 0.4) is 0 Å². The van der Waals surface area contributed by atoms with Gasteiger partial charge in [-0.2, -0.15) is 0 Å². The van der Waals surface area contributed by atoms with Gasteiger partial charge in [-0.15, -0.1) is 11.3 Å². The number of non-ortho nitro benzene ring substituents is 1. The van der Waals surface area contributed by atoms with Gasteiger partial charge in [0, 0.05) is 47.6 Å². The van der Waals surface area contributed by atoms with E-state index in [1.165, 1.54) is 12.1 Å². The van der Waals surface area contributed by atoms with Crippen molar-refractivity contribution in [2.24, 2.45) is 0 Å². The van der Waals surface area contributed by atoms with E-state index in [1.807, 2.05) is 37.2 Å². The lowest BCUT2D eigenvalue weighted by Crippen LogP contribution is -2.18. The summed E-state index contributed by atoms with van der Waals surface area (Å²) in [6, 6.07) is 8.27. The summed E-state index contributed by atoms with van der Waals surface area (Å²) in [7, 11) is 1.97. The molecule has 3 rings (SSSR count). The van der Waals surface area contributed by atoms with E-state index in [2.05, 4.69) is 15.0 Å². The van der Waals surface area contributed by atoms with Crippen LogP contribution in [0.4, 0.5) is 11.5 Å². The molecule has 0 spiro atoms. The van der Waals surface area contributed by atoms with Gasteiger partial charge in [-0.3, -0.25) is 10.1 Å². The number of nitro benzene ring substituents is 1. The first-order valence-electron chi connectivity index (χ1n) is 8.21. The molecule has 134 valence electrons. The Hall–Kier alpha value is -2.87. The van der Waals surface area contributed by atoms with Gasteiger partial charge >= 0.3 is 0 Å². The molecule has 7 nitrogen and oxygen atoms in total. The van der Waals surface area contributed by atoms with Crippen LogP contribution in [-0.2, 0) is 13.0 Å². The number of nitrogens with zero attached hydrogens (tertiary/aromatic N) is 5. The quantitative estimate of drug-likeness (QED) is 0.482. The Morgan fingerprint density at radius 3 is 2.50 bits per heavy atom. The third kappa shape index (κ3) is 4.02. The second-order valence-corrected chi connectivity index (χ2v) is 6.88. The van der Waals surface area contributed by atoms with Crippen molar-refractivity contribution in [3.05, 3.63) is 62.2 Å². The maximum Gasteiger partial charge on any atom is 0.269 e. The molecule has 0 bridgehead atoms. The molecule has 0 saturated heterocycles. The van der Waals surface area contributed by atoms with Crippen molar-refractivity contribution < 1.29 is 4.92 Å². The van der Waals surface area contributed by atoms with E-state index < -0.39 is 4.92 Å². The minimum Gasteiger partial charge on any atom is -0.353 e. The van der Waals surface area contributed by atoms with Crippen LogP contribution in [0.1, 0.15) is 23.3 Å². The fraction of sp³-hybridized carbons (Fsp3) is 0.278. The van der Waals surface area contributed by atoms with Crippen LogP contribution < -0.4 is 4.90 Å². The van der Waals surface area contributed by atoms with Crippen LogP contribution in [0.15, 0.2) is 35.7 Å². The van der Waals surface area contributed by atoms with Crippen LogP contribution in [0.5, 0.6) is 0 Å². The average molecular weight is 369 g/mol. The molecule has 0 atom stereocenters. The molecule has 0 radical (unpaired) electrons. The number of nitro groups is 1. The van der Waals surface area contributed by atoms with E-state index in [0.717, 1.165) is 34.2 Å². The minimum atomic E-state index is -0.414. The van der Waals surface area contributed by atoms with Gasteiger partial charge in [0.05, 0.1) is 11.5 Å². The Morgan fingerprint density at radius 2 is 1.92 bits per heavy atom. The van der Waals surface area contributed by atoms with Crippen molar-refractivity contribution >= 4 is 22.8 Å². The number of benzene rings is 1. The minimum absolute atomic E-state index is 0.0527. The summed E-state index contributed by atoms with van der Waals surface area (Å²) in [6.07, 6.45) is 0.777. The molecule has 0 aliphatic carbocycles. The number of thiazole rings is 1. The van der Waals surface area contributed by atoms with Crippen LogP contribution in [0, 0.1) is 17.0 Å². The Balaban J connectivity index is 1.91. The molecule has 8 heteroatoms. The predicted octanol–water partition coefficient (Wildman–Crippen LogP) is 4.02. The summed E-state index contributed by atoms with van der Waals surface area (Å²) in [4.78, 5) is 26.2. The standard InChI is InChI=1S/C18H19N5O2S/c1-4-14-9-16(22(3)10-17-19-12(2)11-26-17)21-18(20-14)13-5-7-15(8-6-13)23(24)25/h5-9,11H,4,10H2,1-3H3. The zero-order chi connectivity index (χ0) is 18.7. The Labute approximate surface area is 155 Å². The Bertz CT molecular complexity index is 924. The molecule has 3 aromatic rings. The third-order valence-corrected chi connectivity index (χ3v) is 4.85. The topological polar surface area (TPSA) is 85.0 Å². The maximum absolute atomic E-state index is 10.8. The maximum atomic E-state index is 10.8. The number of hydrogen-bond donors (Lipinski definition) is 0. The van der Waals surface area contributed by atoms with Gasteiger partial charge in [0.25, 0.3) is 5.69 Å². The lowest BCUT2D eigenvalue weighted by Gasteiger charge is -2.18. The first kappa shape index (κ1) is 17.9. The van der Waals surface area contributed by atoms with Crippen molar-refractivity contribution in [3.63, 3.8) is 0 Å². The van der Waals surface area contributed by atoms with Crippen LogP contribution in [-0.4, -0.2) is 26.9 Å². The van der Waals surface area contributed by atoms with E-state index in [1.54, 1.807) is 23.5 Å². The number of rotatable bonds is 6. The van der Waals surface area contributed by atoms with Gasteiger partial charge in [0.15, 0.2) is 5.82 Å². The van der Waals surface area contributed by atoms with E-state index >= 15 is 0 Å². The molecule has 1 aromatic carbocycles. The van der Waals surface area contributed by atoms with Gasteiger partial charge in [-0.05, 0) is 25.5 Å². The highest BCUT2D eigenvalue weighted by Gasteiger charge is 2.13. The molecular weight excluding hydrogens is 350 g/mol. The summed E-state index contributed by atoms with van der Waals surface area (Å²) < 4.78 is 0. The molecule has 26 heavy (non-hydrogen) atoms. The second-order valence-electron chi connectivity index (χ2n) is 5.94. The van der Waals surface area contributed by atoms with Crippen molar-refractivity contribution in [2.75, 3.05) is 11.9 Å². The first-order valence-corrected chi connectivity index (χ1v) is 9.09. The summed E-state index contributed by atoms with van der Waals surface area (Å²) >= 11 is 1.63. The number of aromatic nitrogens is 3. The highest BCUT2D eigenvalue weighted by molar-refractivity contribution is 7.09. The number of hydrogen-bond acceptors (Lipinski definition) is 7. The second kappa shape index (κ2) is 7.57. The summed E-state index contributed by atoms with van der Waals surface area (Å²) in [5.41, 5.74) is 2.75. The van der Waals surface area contributed by atoms with E-state index in [4.69, 9.17) is 0 Å². The first-order chi connectivity index (χ1) is 12.5. The molecule has 0 N–H and O–H groups in total. The Morgan fingerprint density at radius 1 is 1.19 bits per heavy atom. The van der Waals surface area contributed by atoms with Crippen LogP contribution in [0.25, 0.3) is 11.4 Å². The molecule has 0 aliphatic heterocycles. The largest absolute Gasteiger partial charge is 0.353 e. The van der Waals surface area contributed by atoms with Gasteiger partial charge < -0.3 is 4.90 Å². The molecule has 0 aliphatic rings. The van der Waals surface area contributed by atoms with Crippen LogP contribution in [0.2, 0.25) is 0 Å². The molecule has 0 amide bonds. The van der Waals surface area contributed by atoms with Gasteiger partial charge in [0.2, 0.25) is 0 Å². The highest BCUT2D eigenvalue weighted by atomic mass is 32.1. The van der Waals surface area contributed by atoms with E-state index in [9.17, 15) is 10.1 Å². The normalized spacial score (nSPS) is 10.7. The molecule has 0 unspecified atom stereocenters. The van der Waals surface area contributed by atoms with Gasteiger partial charge in [-0.25, -0.2) is 15.0 Å². The summed E-state index contributed by atoms with van der Waals surface area (Å²) in [5, 5.41) is 13.9. The van der Waals surface area contributed by atoms with E-state index in [0.29, 0.717) is 12.4 Å². The molecule has 0 fully saturated rings. The molecular formula is C18H19N5O2S. The van der Waals surface area contributed by atoms with E-state index in [-0.39, 0.29) is 5.69 Å². The summed E-state index contributed by atoms with van der Waals surface area (Å²) in [6.45, 7) is 4.68. The SMILES string of the molecule is CCc1cc(N(C)Cc2nc(C)cs2)nc(-c2ccc([N+](=O)[O-])cc2)n1. The van der Waals surface area contributed by atoms with Crippen molar-refractivity contribution in [2.45, 2.75) is 26.8 Å². The lowest BCUT2D eigenvalue weighted by molar-refractivity contribution is -0.384. The molecule has 2 heterocycles. The zero-order valence-electron chi connectivity index (χ0n) is 14.8. The number of anilines is 1. The highest BCUT2D eigenvalue weighted by Crippen LogP contribution is 2.23. The fourth-order valence-electron chi connectivity index (χ4n) is 2.48. The zero-order valence-corrected chi connectivity index (χ0v) is 15.7. The van der Waals surface area contributed by atoms with Crippen molar-refractivity contribution in [1.29, 1.82) is 0 Å². The van der Waals surface area contributed by atoms with Crippen LogP contribution >= 0.6 is 11.3 Å². The molecule has 2 aromatic heterocycles. The fourth-order valence-corrected chi connectivity index (χ4v) is 3.30. The van der Waals surface area contributed by atoms with Gasteiger partial charge in [-0.1, -0.05) is 6.92 Å². The average Bonchev–Trinajstić information content (AvgIpc) is 3.06. The van der Waals surface area contributed by atoms with Crippen molar-refractivity contribution in [1.82, 2.24) is 15.0 Å². The predicted molar refractivity (Wildman–Crippen MR) is 102 cm³/mol. The number of aryl methyl sites for hydroxylation is 2. The van der Waals surface area contributed by atoms with Gasteiger partial charge in [0.1, 0.15) is 10.8 Å². The third-order valence-electron chi connectivity index (χ3n) is 3.89. The van der Waals surface area contributed by atoms with Crippen molar-refractivity contribution in [3.8, 4) is 11.4 Å². The summed E-state index contributed by atoms with van der Waals surface area (Å²) in [5.74, 6) is 1.37.